The van der Waals surface area contributed by atoms with E-state index in [-0.39, 0.29) is 12.4 Å². The molecule has 130 valence electrons. The second-order valence-electron chi connectivity index (χ2n) is 5.63. The molecule has 0 spiro atoms. The van der Waals surface area contributed by atoms with Crippen molar-refractivity contribution in [3.63, 3.8) is 0 Å². The lowest BCUT2D eigenvalue weighted by Gasteiger charge is -2.13. The van der Waals surface area contributed by atoms with E-state index < -0.39 is 0 Å². The van der Waals surface area contributed by atoms with Gasteiger partial charge in [-0.3, -0.25) is 0 Å². The molecule has 2 N–H and O–H groups in total. The highest BCUT2D eigenvalue weighted by atomic mass is 79.9. The summed E-state index contributed by atoms with van der Waals surface area (Å²) >= 11 is 3.49. The molecule has 2 aromatic carbocycles. The molecular weight excluding hydrogens is 373 g/mol. The summed E-state index contributed by atoms with van der Waals surface area (Å²) in [5.41, 5.74) is 2.01. The maximum absolute atomic E-state index is 12.9. The molecule has 0 heterocycles. The van der Waals surface area contributed by atoms with Crippen LogP contribution in [0.25, 0.3) is 0 Å². The van der Waals surface area contributed by atoms with Crippen LogP contribution in [0.15, 0.2) is 46.9 Å². The van der Waals surface area contributed by atoms with Crippen molar-refractivity contribution >= 4 is 15.9 Å². The van der Waals surface area contributed by atoms with Gasteiger partial charge in [0.1, 0.15) is 18.2 Å². The van der Waals surface area contributed by atoms with Crippen LogP contribution in [-0.4, -0.2) is 18.3 Å². The van der Waals surface area contributed by atoms with Crippen molar-refractivity contribution in [2.24, 2.45) is 0 Å². The van der Waals surface area contributed by atoms with Gasteiger partial charge in [-0.2, -0.15) is 0 Å². The van der Waals surface area contributed by atoms with Crippen molar-refractivity contribution in [1.82, 2.24) is 5.32 Å². The zero-order valence-corrected chi connectivity index (χ0v) is 15.2. The minimum Gasteiger partial charge on any atom is -0.489 e. The number of ether oxygens (including phenoxy) is 1. The zero-order chi connectivity index (χ0) is 17.2. The average Bonchev–Trinajstić information content (AvgIpc) is 2.58. The van der Waals surface area contributed by atoms with Crippen molar-refractivity contribution < 1.29 is 14.2 Å². The first-order chi connectivity index (χ1) is 11.7. The Morgan fingerprint density at radius 3 is 2.58 bits per heavy atom. The van der Waals surface area contributed by atoms with Crippen LogP contribution in [0.1, 0.15) is 30.4 Å². The molecule has 0 saturated carbocycles. The molecule has 0 fully saturated rings. The average molecular weight is 396 g/mol. The molecule has 3 nitrogen and oxygen atoms in total. The summed E-state index contributed by atoms with van der Waals surface area (Å²) in [7, 11) is 0. The van der Waals surface area contributed by atoms with Gasteiger partial charge in [-0.05, 0) is 61.7 Å². The van der Waals surface area contributed by atoms with Crippen molar-refractivity contribution in [1.29, 1.82) is 0 Å². The molecule has 0 aliphatic carbocycles. The van der Waals surface area contributed by atoms with Gasteiger partial charge in [0.05, 0.1) is 0 Å². The summed E-state index contributed by atoms with van der Waals surface area (Å²) in [4.78, 5) is 0. The smallest absolute Gasteiger partial charge is 0.124 e. The number of nitrogens with one attached hydrogen (secondary N) is 1. The van der Waals surface area contributed by atoms with E-state index in [2.05, 4.69) is 21.2 Å². The lowest BCUT2D eigenvalue weighted by Crippen LogP contribution is -2.15. The topological polar surface area (TPSA) is 41.5 Å². The molecule has 2 aromatic rings. The summed E-state index contributed by atoms with van der Waals surface area (Å²) < 4.78 is 19.8. The van der Waals surface area contributed by atoms with Crippen molar-refractivity contribution in [2.45, 2.75) is 32.4 Å². The van der Waals surface area contributed by atoms with Crippen molar-refractivity contribution in [3.8, 4) is 5.75 Å². The SMILES string of the molecule is OCCCCCNCc1cc(Br)ccc1OCc1ccc(F)cc1. The van der Waals surface area contributed by atoms with Gasteiger partial charge in [0.25, 0.3) is 0 Å². The fourth-order valence-electron chi connectivity index (χ4n) is 2.33. The Labute approximate surface area is 151 Å². The minimum absolute atomic E-state index is 0.242. The molecule has 0 aromatic heterocycles. The standard InChI is InChI=1S/C19H23BrFNO2/c20-17-6-9-19(24-14-15-4-7-18(21)8-5-15)16(12-17)13-22-10-2-1-3-11-23/h4-9,12,22-23H,1-3,10-11,13-14H2. The first kappa shape index (κ1) is 18.9. The van der Waals surface area contributed by atoms with Gasteiger partial charge in [0.2, 0.25) is 0 Å². The summed E-state index contributed by atoms with van der Waals surface area (Å²) in [5, 5.41) is 12.2. The van der Waals surface area contributed by atoms with Gasteiger partial charge in [-0.1, -0.05) is 28.1 Å². The van der Waals surface area contributed by atoms with Crippen molar-refractivity contribution in [3.05, 3.63) is 63.9 Å². The van der Waals surface area contributed by atoms with Gasteiger partial charge in [-0.25, -0.2) is 4.39 Å². The Hall–Kier alpha value is -1.43. The van der Waals surface area contributed by atoms with Gasteiger partial charge in [-0.15, -0.1) is 0 Å². The number of aliphatic hydroxyl groups is 1. The Bertz CT molecular complexity index is 619. The second kappa shape index (κ2) is 10.4. The number of rotatable bonds is 10. The fraction of sp³-hybridized carbons (Fsp3) is 0.368. The highest BCUT2D eigenvalue weighted by Crippen LogP contribution is 2.24. The molecule has 0 radical (unpaired) electrons. The van der Waals surface area contributed by atoms with E-state index >= 15 is 0 Å². The van der Waals surface area contributed by atoms with Crippen LogP contribution in [0.2, 0.25) is 0 Å². The molecule has 24 heavy (non-hydrogen) atoms. The van der Waals surface area contributed by atoms with Crippen LogP contribution >= 0.6 is 15.9 Å². The first-order valence-electron chi connectivity index (χ1n) is 8.16. The lowest BCUT2D eigenvalue weighted by molar-refractivity contribution is 0.282. The second-order valence-corrected chi connectivity index (χ2v) is 6.54. The summed E-state index contributed by atoms with van der Waals surface area (Å²) in [6, 6.07) is 12.3. The summed E-state index contributed by atoms with van der Waals surface area (Å²) in [6.45, 7) is 2.29. The molecular formula is C19H23BrFNO2. The zero-order valence-electron chi connectivity index (χ0n) is 13.6. The van der Waals surface area contributed by atoms with Crippen LogP contribution in [0.5, 0.6) is 5.75 Å². The highest BCUT2D eigenvalue weighted by Gasteiger charge is 2.05. The summed E-state index contributed by atoms with van der Waals surface area (Å²) in [5.74, 6) is 0.582. The number of benzene rings is 2. The quantitative estimate of drug-likeness (QED) is 0.585. The van der Waals surface area contributed by atoms with E-state index in [0.717, 1.165) is 53.7 Å². The third kappa shape index (κ3) is 6.59. The fourth-order valence-corrected chi connectivity index (χ4v) is 2.74. The van der Waals surface area contributed by atoms with E-state index in [1.807, 2.05) is 18.2 Å². The molecule has 0 bridgehead atoms. The molecule has 0 saturated heterocycles. The number of hydrogen-bond donors (Lipinski definition) is 2. The number of halogens is 2. The van der Waals surface area contributed by atoms with Crippen LogP contribution in [0.4, 0.5) is 4.39 Å². The number of unbranched alkanes of at least 4 members (excludes halogenated alkanes) is 2. The highest BCUT2D eigenvalue weighted by molar-refractivity contribution is 9.10. The van der Waals surface area contributed by atoms with E-state index in [4.69, 9.17) is 9.84 Å². The summed E-state index contributed by atoms with van der Waals surface area (Å²) in [6.07, 6.45) is 2.92. The molecule has 5 heteroatoms. The molecule has 0 unspecified atom stereocenters. The van der Waals surface area contributed by atoms with E-state index in [0.29, 0.717) is 6.61 Å². The third-order valence-corrected chi connectivity index (χ3v) is 4.15. The molecule has 0 atom stereocenters. The van der Waals surface area contributed by atoms with Crippen LogP contribution < -0.4 is 10.1 Å². The van der Waals surface area contributed by atoms with E-state index in [1.165, 1.54) is 12.1 Å². The van der Waals surface area contributed by atoms with Crippen LogP contribution in [0, 0.1) is 5.82 Å². The first-order valence-corrected chi connectivity index (χ1v) is 8.95. The van der Waals surface area contributed by atoms with Gasteiger partial charge < -0.3 is 15.2 Å². The van der Waals surface area contributed by atoms with Crippen LogP contribution in [0.3, 0.4) is 0 Å². The maximum atomic E-state index is 12.9. The normalized spacial score (nSPS) is 10.8. The van der Waals surface area contributed by atoms with Gasteiger partial charge >= 0.3 is 0 Å². The Morgan fingerprint density at radius 2 is 1.83 bits per heavy atom. The number of hydrogen-bond acceptors (Lipinski definition) is 3. The Kier molecular flexibility index (Phi) is 8.22. The lowest BCUT2D eigenvalue weighted by atomic mass is 10.2. The monoisotopic (exact) mass is 395 g/mol. The predicted octanol–water partition coefficient (Wildman–Crippen LogP) is 4.42. The molecule has 0 aliphatic rings. The minimum atomic E-state index is -0.242. The van der Waals surface area contributed by atoms with E-state index in [1.54, 1.807) is 12.1 Å². The predicted molar refractivity (Wildman–Crippen MR) is 97.5 cm³/mol. The molecule has 2 rings (SSSR count). The van der Waals surface area contributed by atoms with Gasteiger partial charge in [0, 0.05) is 23.2 Å². The number of aliphatic hydroxyl groups excluding tert-OH is 1. The largest absolute Gasteiger partial charge is 0.489 e. The molecule has 0 amide bonds. The Balaban J connectivity index is 1.88. The van der Waals surface area contributed by atoms with Crippen LogP contribution in [-0.2, 0) is 13.2 Å². The third-order valence-electron chi connectivity index (χ3n) is 3.66. The van der Waals surface area contributed by atoms with Crippen molar-refractivity contribution in [2.75, 3.05) is 13.2 Å². The molecule has 0 aliphatic heterocycles. The van der Waals surface area contributed by atoms with E-state index in [9.17, 15) is 4.39 Å². The maximum Gasteiger partial charge on any atom is 0.124 e. The van der Waals surface area contributed by atoms with Gasteiger partial charge in [0.15, 0.2) is 0 Å². The Morgan fingerprint density at radius 1 is 1.04 bits per heavy atom.